The van der Waals surface area contributed by atoms with Crippen LogP contribution in [-0.2, 0) is 8.85 Å². The Hall–Kier alpha value is 1.63. The van der Waals surface area contributed by atoms with Crippen molar-refractivity contribution in [2.24, 2.45) is 0 Å². The molecule has 0 heterocycles. The zero-order chi connectivity index (χ0) is 10.5. The normalized spacial score (nSPS) is 11.2. The van der Waals surface area contributed by atoms with Crippen LogP contribution in [0.2, 0.25) is 12.1 Å². The van der Waals surface area contributed by atoms with Gasteiger partial charge in [-0.1, -0.05) is 6.92 Å². The molecule has 88 valence electrons. The predicted octanol–water partition coefficient (Wildman–Crippen LogP) is -0.244. The molecule has 0 fully saturated rings. The smallest absolute Gasteiger partial charge is 1.00 e. The average molecular weight is 355 g/mol. The Morgan fingerprint density at radius 2 is 1.40 bits per heavy atom. The SMILES string of the molecule is [CH2-]C[Si](CC)(OC(C)C)OC(C)C.[I-].[Mg+2]. The van der Waals surface area contributed by atoms with Gasteiger partial charge in [0, 0.05) is 12.2 Å². The van der Waals surface area contributed by atoms with Crippen LogP contribution in [0.4, 0.5) is 0 Å². The first-order valence-corrected chi connectivity index (χ1v) is 7.33. The second kappa shape index (κ2) is 10.8. The summed E-state index contributed by atoms with van der Waals surface area (Å²) in [6.45, 7) is 14.3. The maximum Gasteiger partial charge on any atom is 2.00 e. The van der Waals surface area contributed by atoms with E-state index in [0.29, 0.717) is 0 Å². The molecule has 0 rings (SSSR count). The minimum Gasteiger partial charge on any atom is -1.00 e. The van der Waals surface area contributed by atoms with E-state index in [1.165, 1.54) is 0 Å². The molecule has 0 aliphatic carbocycles. The zero-order valence-corrected chi connectivity index (χ0v) is 15.2. The summed E-state index contributed by atoms with van der Waals surface area (Å²) in [7, 11) is -1.98. The molecule has 0 unspecified atom stereocenters. The summed E-state index contributed by atoms with van der Waals surface area (Å²) in [6, 6.07) is 1.77. The molecule has 0 aromatic heterocycles. The standard InChI is InChI=1S/C10H23O2Si.HI.Mg/c1-7-13(8-2,11-9(3)4)12-10(5)6;;/h9-10H,1,7-8H2,2-6H3;1H;/q-1;;+2/p-1. The van der Waals surface area contributed by atoms with Gasteiger partial charge in [0.05, 0.1) is 0 Å². The molecule has 5 heteroatoms. The van der Waals surface area contributed by atoms with Crippen LogP contribution < -0.4 is 24.0 Å². The molecular formula is C10H23IMgO2Si. The number of halogens is 1. The van der Waals surface area contributed by atoms with E-state index < -0.39 is 8.56 Å². The molecule has 0 N–H and O–H groups in total. The van der Waals surface area contributed by atoms with E-state index in [-0.39, 0.29) is 59.2 Å². The van der Waals surface area contributed by atoms with Gasteiger partial charge in [-0.25, -0.2) is 0 Å². The molecule has 0 atom stereocenters. The molecule has 0 aliphatic rings. The third-order valence-corrected chi connectivity index (χ3v) is 5.46. The molecular weight excluding hydrogens is 331 g/mol. The Morgan fingerprint density at radius 3 is 1.53 bits per heavy atom. The summed E-state index contributed by atoms with van der Waals surface area (Å²) in [5.74, 6) is 0. The minimum atomic E-state index is -1.98. The number of rotatable bonds is 6. The van der Waals surface area contributed by atoms with Crippen molar-refractivity contribution in [2.45, 2.75) is 58.9 Å². The fourth-order valence-electron chi connectivity index (χ4n) is 1.35. The molecule has 0 saturated carbocycles. The Kier molecular flexibility index (Phi) is 15.7. The van der Waals surface area contributed by atoms with Crippen molar-refractivity contribution >= 4 is 31.6 Å². The van der Waals surface area contributed by atoms with Crippen molar-refractivity contribution in [3.8, 4) is 0 Å². The third kappa shape index (κ3) is 9.34. The number of hydrogen-bond acceptors (Lipinski definition) is 2. The van der Waals surface area contributed by atoms with Gasteiger partial charge in [0.15, 0.2) is 0 Å². The van der Waals surface area contributed by atoms with Gasteiger partial charge >= 0.3 is 31.6 Å². The Balaban J connectivity index is -0.000000720. The van der Waals surface area contributed by atoms with Gasteiger partial charge in [0.25, 0.3) is 0 Å². The van der Waals surface area contributed by atoms with Crippen LogP contribution in [0.25, 0.3) is 0 Å². The minimum absolute atomic E-state index is 0. The molecule has 0 radical (unpaired) electrons. The first-order valence-electron chi connectivity index (χ1n) is 5.10. The first-order chi connectivity index (χ1) is 5.95. The van der Waals surface area contributed by atoms with Crippen LogP contribution in [0.3, 0.4) is 0 Å². The molecule has 0 aromatic carbocycles. The van der Waals surface area contributed by atoms with Gasteiger partial charge in [-0.3, -0.25) is 0 Å². The van der Waals surface area contributed by atoms with E-state index in [2.05, 4.69) is 41.5 Å². The van der Waals surface area contributed by atoms with E-state index >= 15 is 0 Å². The molecule has 0 amide bonds. The molecule has 0 aliphatic heterocycles. The van der Waals surface area contributed by atoms with Crippen LogP contribution in [0, 0.1) is 6.92 Å². The van der Waals surface area contributed by atoms with Crippen molar-refractivity contribution in [3.05, 3.63) is 6.92 Å². The zero-order valence-electron chi connectivity index (χ0n) is 10.7. The van der Waals surface area contributed by atoms with Crippen LogP contribution in [0.15, 0.2) is 0 Å². The molecule has 0 spiro atoms. The molecule has 2 nitrogen and oxygen atoms in total. The summed E-state index contributed by atoms with van der Waals surface area (Å²) >= 11 is 0. The van der Waals surface area contributed by atoms with E-state index in [1.54, 1.807) is 0 Å². The Bertz CT molecular complexity index is 129. The van der Waals surface area contributed by atoms with E-state index in [1.807, 2.05) is 0 Å². The van der Waals surface area contributed by atoms with Crippen LogP contribution in [0.1, 0.15) is 34.6 Å². The predicted molar refractivity (Wildman–Crippen MR) is 64.6 cm³/mol. The van der Waals surface area contributed by atoms with Crippen molar-refractivity contribution in [3.63, 3.8) is 0 Å². The van der Waals surface area contributed by atoms with Gasteiger partial charge in [-0.05, 0) is 33.7 Å². The van der Waals surface area contributed by atoms with Crippen molar-refractivity contribution < 1.29 is 32.8 Å². The van der Waals surface area contributed by atoms with Crippen LogP contribution in [0.5, 0.6) is 0 Å². The van der Waals surface area contributed by atoms with Crippen molar-refractivity contribution in [1.29, 1.82) is 0 Å². The van der Waals surface area contributed by atoms with Crippen LogP contribution >= 0.6 is 0 Å². The summed E-state index contributed by atoms with van der Waals surface area (Å²) in [4.78, 5) is 0. The molecule has 0 saturated heterocycles. The van der Waals surface area contributed by atoms with E-state index in [4.69, 9.17) is 8.85 Å². The van der Waals surface area contributed by atoms with Crippen LogP contribution in [-0.4, -0.2) is 43.8 Å². The second-order valence-corrected chi connectivity index (χ2v) is 7.35. The first kappa shape index (κ1) is 21.9. The van der Waals surface area contributed by atoms with Gasteiger partial charge < -0.3 is 39.8 Å². The maximum absolute atomic E-state index is 5.90. The van der Waals surface area contributed by atoms with E-state index in [9.17, 15) is 0 Å². The largest absolute Gasteiger partial charge is 2.00 e. The van der Waals surface area contributed by atoms with Gasteiger partial charge in [0.1, 0.15) is 0 Å². The fourth-order valence-corrected chi connectivity index (χ4v) is 4.04. The van der Waals surface area contributed by atoms with Crippen molar-refractivity contribution in [1.82, 2.24) is 0 Å². The maximum atomic E-state index is 5.90. The van der Waals surface area contributed by atoms with Crippen molar-refractivity contribution in [2.75, 3.05) is 0 Å². The third-order valence-electron chi connectivity index (χ3n) is 1.82. The summed E-state index contributed by atoms with van der Waals surface area (Å²) < 4.78 is 11.8. The number of hydrogen-bond donors (Lipinski definition) is 0. The van der Waals surface area contributed by atoms with Gasteiger partial charge in [-0.2, -0.15) is 0 Å². The quantitative estimate of drug-likeness (QED) is 0.372. The van der Waals surface area contributed by atoms with Gasteiger partial charge in [-0.15, -0.1) is 6.04 Å². The molecule has 15 heavy (non-hydrogen) atoms. The average Bonchev–Trinajstić information content (AvgIpc) is 2.01. The fraction of sp³-hybridized carbons (Fsp3) is 0.900. The summed E-state index contributed by atoms with van der Waals surface area (Å²) in [5, 5.41) is 0. The second-order valence-electron chi connectivity index (χ2n) is 3.85. The molecule has 0 aromatic rings. The molecule has 0 bridgehead atoms. The van der Waals surface area contributed by atoms with E-state index in [0.717, 1.165) is 12.1 Å². The summed E-state index contributed by atoms with van der Waals surface area (Å²) in [6.07, 6.45) is 0.485. The Morgan fingerprint density at radius 1 is 1.07 bits per heavy atom. The topological polar surface area (TPSA) is 18.5 Å². The monoisotopic (exact) mass is 354 g/mol. The Labute approximate surface area is 129 Å². The summed E-state index contributed by atoms with van der Waals surface area (Å²) in [5.41, 5.74) is 0. The van der Waals surface area contributed by atoms with Gasteiger partial charge in [0.2, 0.25) is 0 Å².